The summed E-state index contributed by atoms with van der Waals surface area (Å²) in [6.07, 6.45) is 5.21. The Morgan fingerprint density at radius 1 is 1.37 bits per heavy atom. The maximum absolute atomic E-state index is 5.52. The number of likely N-dealkylation sites (N-methyl/N-ethyl adjacent to an activating group) is 1. The molecule has 0 saturated carbocycles. The molecule has 19 heavy (non-hydrogen) atoms. The van der Waals surface area contributed by atoms with Gasteiger partial charge in [-0.3, -0.25) is 0 Å². The van der Waals surface area contributed by atoms with Gasteiger partial charge in [0.05, 0.1) is 0 Å². The Balaban J connectivity index is 2.38. The molecular formula is C16H24N2O. The first-order valence-corrected chi connectivity index (χ1v) is 6.70. The Hall–Kier alpha value is -1.50. The maximum Gasteiger partial charge on any atom is 0.148 e. The first-order chi connectivity index (χ1) is 9.15. The van der Waals surface area contributed by atoms with Crippen molar-refractivity contribution in [2.24, 2.45) is 0 Å². The molecule has 0 aromatic heterocycles. The first kappa shape index (κ1) is 15.6. The zero-order chi connectivity index (χ0) is 14.1. The molecule has 1 aromatic rings. The predicted octanol–water partition coefficient (Wildman–Crippen LogP) is 2.13. The lowest BCUT2D eigenvalue weighted by molar-refractivity contribution is 0.273. The molecule has 0 aliphatic heterocycles. The van der Waals surface area contributed by atoms with Gasteiger partial charge in [-0.05, 0) is 27.0 Å². The first-order valence-electron chi connectivity index (χ1n) is 6.70. The number of hydrogen-bond acceptors (Lipinski definition) is 3. The summed E-state index contributed by atoms with van der Waals surface area (Å²) in [5.74, 6) is 3.35. The molecule has 0 spiro atoms. The molecule has 0 unspecified atom stereocenters. The molecule has 0 heterocycles. The normalized spacial score (nSPS) is 10.7. The van der Waals surface area contributed by atoms with Crippen LogP contribution in [0.5, 0.6) is 5.75 Å². The minimum absolute atomic E-state index is 0.313. The molecule has 0 bridgehead atoms. The number of nitrogens with zero attached hydrogens (tertiary/aromatic N) is 1. The highest BCUT2D eigenvalue weighted by Crippen LogP contribution is 2.17. The Morgan fingerprint density at radius 2 is 2.11 bits per heavy atom. The van der Waals surface area contributed by atoms with Crippen molar-refractivity contribution >= 4 is 0 Å². The van der Waals surface area contributed by atoms with E-state index in [0.29, 0.717) is 12.6 Å². The Morgan fingerprint density at radius 3 is 2.79 bits per heavy atom. The molecule has 0 fully saturated rings. The van der Waals surface area contributed by atoms with E-state index >= 15 is 0 Å². The van der Waals surface area contributed by atoms with E-state index in [-0.39, 0.29) is 0 Å². The lowest BCUT2D eigenvalue weighted by atomic mass is 10.2. The second kappa shape index (κ2) is 8.58. The number of nitrogens with one attached hydrogen (secondary N) is 1. The summed E-state index contributed by atoms with van der Waals surface area (Å²) in [7, 11) is 2.14. The summed E-state index contributed by atoms with van der Waals surface area (Å²) >= 11 is 0. The lowest BCUT2D eigenvalue weighted by Crippen LogP contribution is -2.33. The van der Waals surface area contributed by atoms with Gasteiger partial charge in [0.2, 0.25) is 0 Å². The Bertz CT molecular complexity index is 409. The zero-order valence-electron chi connectivity index (χ0n) is 12.1. The number of hydrogen-bond donors (Lipinski definition) is 1. The Kier molecular flexibility index (Phi) is 7.02. The highest BCUT2D eigenvalue weighted by molar-refractivity contribution is 5.33. The largest absolute Gasteiger partial charge is 0.481 e. The molecule has 1 rings (SSSR count). The van der Waals surface area contributed by atoms with E-state index in [9.17, 15) is 0 Å². The van der Waals surface area contributed by atoms with E-state index in [1.165, 1.54) is 0 Å². The van der Waals surface area contributed by atoms with Crippen molar-refractivity contribution in [3.63, 3.8) is 0 Å². The summed E-state index contributed by atoms with van der Waals surface area (Å²) in [5, 5.41) is 3.43. The summed E-state index contributed by atoms with van der Waals surface area (Å²) in [6, 6.07) is 8.56. The standard InChI is InChI=1S/C16H24N2O/c1-5-12-19-16-9-7-6-8-15(16)13-17-10-11-18(4)14(2)3/h1,6-9,14,17H,10-13H2,2-4H3. The van der Waals surface area contributed by atoms with E-state index in [0.717, 1.165) is 30.9 Å². The van der Waals surface area contributed by atoms with Crippen molar-refractivity contribution in [2.45, 2.75) is 26.4 Å². The number of para-hydroxylation sites is 1. The highest BCUT2D eigenvalue weighted by atomic mass is 16.5. The van der Waals surface area contributed by atoms with Crippen LogP contribution in [0.15, 0.2) is 24.3 Å². The molecule has 0 amide bonds. The smallest absolute Gasteiger partial charge is 0.148 e. The van der Waals surface area contributed by atoms with Crippen LogP contribution in [-0.4, -0.2) is 37.7 Å². The molecule has 3 nitrogen and oxygen atoms in total. The van der Waals surface area contributed by atoms with Crippen LogP contribution in [0.1, 0.15) is 19.4 Å². The highest BCUT2D eigenvalue weighted by Gasteiger charge is 2.04. The lowest BCUT2D eigenvalue weighted by Gasteiger charge is -2.21. The average molecular weight is 260 g/mol. The van der Waals surface area contributed by atoms with Gasteiger partial charge in [0.1, 0.15) is 12.4 Å². The van der Waals surface area contributed by atoms with E-state index < -0.39 is 0 Å². The SMILES string of the molecule is C#CCOc1ccccc1CNCCN(C)C(C)C. The molecule has 0 atom stereocenters. The fourth-order valence-electron chi connectivity index (χ4n) is 1.65. The van der Waals surface area contributed by atoms with Gasteiger partial charge in [0.15, 0.2) is 0 Å². The molecule has 0 aliphatic carbocycles. The van der Waals surface area contributed by atoms with Crippen molar-refractivity contribution in [3.8, 4) is 18.1 Å². The molecule has 3 heteroatoms. The summed E-state index contributed by atoms with van der Waals surface area (Å²) in [4.78, 5) is 2.31. The zero-order valence-corrected chi connectivity index (χ0v) is 12.1. The summed E-state index contributed by atoms with van der Waals surface area (Å²) < 4.78 is 5.52. The molecule has 1 aromatic carbocycles. The van der Waals surface area contributed by atoms with Gasteiger partial charge < -0.3 is 15.0 Å². The third kappa shape index (κ3) is 5.78. The van der Waals surface area contributed by atoms with E-state index in [2.05, 4.69) is 43.1 Å². The van der Waals surface area contributed by atoms with E-state index in [1.807, 2.05) is 18.2 Å². The van der Waals surface area contributed by atoms with E-state index in [4.69, 9.17) is 11.2 Å². The molecular weight excluding hydrogens is 236 g/mol. The van der Waals surface area contributed by atoms with Crippen molar-refractivity contribution in [2.75, 3.05) is 26.7 Å². The van der Waals surface area contributed by atoms with Gasteiger partial charge in [-0.2, -0.15) is 0 Å². The number of benzene rings is 1. The third-order valence-electron chi connectivity index (χ3n) is 3.12. The van der Waals surface area contributed by atoms with Crippen LogP contribution in [0, 0.1) is 12.3 Å². The fraction of sp³-hybridized carbons (Fsp3) is 0.500. The Labute approximate surface area is 117 Å². The average Bonchev–Trinajstić information content (AvgIpc) is 2.42. The molecule has 0 radical (unpaired) electrons. The van der Waals surface area contributed by atoms with Crippen molar-refractivity contribution in [3.05, 3.63) is 29.8 Å². The van der Waals surface area contributed by atoms with Crippen LogP contribution in [0.3, 0.4) is 0 Å². The van der Waals surface area contributed by atoms with Gasteiger partial charge >= 0.3 is 0 Å². The number of terminal acetylenes is 1. The van der Waals surface area contributed by atoms with E-state index in [1.54, 1.807) is 0 Å². The molecule has 1 N–H and O–H groups in total. The second-order valence-electron chi connectivity index (χ2n) is 4.85. The van der Waals surface area contributed by atoms with Crippen molar-refractivity contribution < 1.29 is 4.74 Å². The van der Waals surface area contributed by atoms with Gasteiger partial charge in [0.25, 0.3) is 0 Å². The fourth-order valence-corrected chi connectivity index (χ4v) is 1.65. The van der Waals surface area contributed by atoms with Gasteiger partial charge in [-0.15, -0.1) is 6.42 Å². The van der Waals surface area contributed by atoms with Crippen LogP contribution in [0.2, 0.25) is 0 Å². The monoisotopic (exact) mass is 260 g/mol. The quantitative estimate of drug-likeness (QED) is 0.572. The third-order valence-corrected chi connectivity index (χ3v) is 3.12. The van der Waals surface area contributed by atoms with Gasteiger partial charge in [0, 0.05) is 31.2 Å². The van der Waals surface area contributed by atoms with Crippen molar-refractivity contribution in [1.29, 1.82) is 0 Å². The van der Waals surface area contributed by atoms with Crippen LogP contribution < -0.4 is 10.1 Å². The topological polar surface area (TPSA) is 24.5 Å². The van der Waals surface area contributed by atoms with Crippen molar-refractivity contribution in [1.82, 2.24) is 10.2 Å². The van der Waals surface area contributed by atoms with Gasteiger partial charge in [-0.25, -0.2) is 0 Å². The molecule has 0 saturated heterocycles. The number of ether oxygens (including phenoxy) is 1. The van der Waals surface area contributed by atoms with Crippen LogP contribution in [0.4, 0.5) is 0 Å². The summed E-state index contributed by atoms with van der Waals surface area (Å²) in [5.41, 5.74) is 1.14. The van der Waals surface area contributed by atoms with Crippen LogP contribution in [-0.2, 0) is 6.54 Å². The minimum Gasteiger partial charge on any atom is -0.481 e. The van der Waals surface area contributed by atoms with Gasteiger partial charge in [-0.1, -0.05) is 24.1 Å². The summed E-state index contributed by atoms with van der Waals surface area (Å²) in [6.45, 7) is 7.49. The van der Waals surface area contributed by atoms with Crippen LogP contribution >= 0.6 is 0 Å². The maximum atomic E-state index is 5.52. The number of rotatable bonds is 8. The molecule has 0 aliphatic rings. The van der Waals surface area contributed by atoms with Crippen LogP contribution in [0.25, 0.3) is 0 Å². The minimum atomic E-state index is 0.313. The second-order valence-corrected chi connectivity index (χ2v) is 4.85. The predicted molar refractivity (Wildman–Crippen MR) is 80.2 cm³/mol. The molecule has 104 valence electrons.